The SMILES string of the molecule is COCC(C)C1CN(C(=O)OC(C)(C)C)CCC1O. The fourth-order valence-corrected chi connectivity index (χ4v) is 2.41. The summed E-state index contributed by atoms with van der Waals surface area (Å²) in [5.74, 6) is 0.256. The van der Waals surface area contributed by atoms with Gasteiger partial charge in [0.2, 0.25) is 0 Å². The summed E-state index contributed by atoms with van der Waals surface area (Å²) in [6.07, 6.45) is -0.0735. The third-order valence-corrected chi connectivity index (χ3v) is 3.43. The predicted molar refractivity (Wildman–Crippen MR) is 73.0 cm³/mol. The van der Waals surface area contributed by atoms with Crippen molar-refractivity contribution in [2.24, 2.45) is 11.8 Å². The molecule has 5 heteroatoms. The number of amides is 1. The second kappa shape index (κ2) is 6.57. The van der Waals surface area contributed by atoms with Crippen molar-refractivity contribution in [1.29, 1.82) is 0 Å². The van der Waals surface area contributed by atoms with Crippen molar-refractivity contribution in [1.82, 2.24) is 4.90 Å². The van der Waals surface area contributed by atoms with Crippen molar-refractivity contribution in [2.75, 3.05) is 26.8 Å². The van der Waals surface area contributed by atoms with E-state index in [0.717, 1.165) is 0 Å². The fraction of sp³-hybridized carbons (Fsp3) is 0.929. The number of carbonyl (C=O) groups excluding carboxylic acids is 1. The monoisotopic (exact) mass is 273 g/mol. The molecule has 0 aromatic carbocycles. The first-order valence-corrected chi connectivity index (χ1v) is 6.89. The summed E-state index contributed by atoms with van der Waals surface area (Å²) < 4.78 is 10.5. The normalized spacial score (nSPS) is 26.1. The molecule has 1 fully saturated rings. The van der Waals surface area contributed by atoms with Gasteiger partial charge in [0, 0.05) is 32.7 Å². The molecular weight excluding hydrogens is 246 g/mol. The average molecular weight is 273 g/mol. The Kier molecular flexibility index (Phi) is 5.62. The summed E-state index contributed by atoms with van der Waals surface area (Å²) in [5.41, 5.74) is -0.485. The number of hydrogen-bond donors (Lipinski definition) is 1. The molecule has 0 aliphatic carbocycles. The van der Waals surface area contributed by atoms with Crippen LogP contribution in [0.5, 0.6) is 0 Å². The number of methoxy groups -OCH3 is 1. The minimum Gasteiger partial charge on any atom is -0.444 e. The van der Waals surface area contributed by atoms with Gasteiger partial charge in [0.25, 0.3) is 0 Å². The van der Waals surface area contributed by atoms with Crippen molar-refractivity contribution in [3.8, 4) is 0 Å². The summed E-state index contributed by atoms with van der Waals surface area (Å²) in [4.78, 5) is 13.7. The third kappa shape index (κ3) is 4.99. The van der Waals surface area contributed by atoms with E-state index in [2.05, 4.69) is 0 Å². The third-order valence-electron chi connectivity index (χ3n) is 3.43. The summed E-state index contributed by atoms with van der Waals surface area (Å²) >= 11 is 0. The Morgan fingerprint density at radius 2 is 2.11 bits per heavy atom. The van der Waals surface area contributed by atoms with Gasteiger partial charge in [-0.3, -0.25) is 0 Å². The number of nitrogens with zero attached hydrogens (tertiary/aromatic N) is 1. The molecule has 3 unspecified atom stereocenters. The van der Waals surface area contributed by atoms with Gasteiger partial charge in [-0.15, -0.1) is 0 Å². The van der Waals surface area contributed by atoms with Crippen LogP contribution >= 0.6 is 0 Å². The molecule has 1 N–H and O–H groups in total. The smallest absolute Gasteiger partial charge is 0.410 e. The molecule has 1 aliphatic rings. The van der Waals surface area contributed by atoms with Crippen LogP contribution in [-0.4, -0.2) is 54.6 Å². The number of piperidine rings is 1. The largest absolute Gasteiger partial charge is 0.444 e. The van der Waals surface area contributed by atoms with Crippen LogP contribution in [0.15, 0.2) is 0 Å². The lowest BCUT2D eigenvalue weighted by Gasteiger charge is -2.39. The van der Waals surface area contributed by atoms with E-state index in [9.17, 15) is 9.90 Å². The first-order valence-electron chi connectivity index (χ1n) is 6.89. The summed E-state index contributed by atoms with van der Waals surface area (Å²) in [6.45, 7) is 9.27. The Labute approximate surface area is 115 Å². The van der Waals surface area contributed by atoms with Crippen molar-refractivity contribution in [2.45, 2.75) is 45.8 Å². The molecule has 1 saturated heterocycles. The van der Waals surface area contributed by atoms with Crippen LogP contribution in [0.2, 0.25) is 0 Å². The van der Waals surface area contributed by atoms with Gasteiger partial charge in [-0.05, 0) is 33.1 Å². The van der Waals surface area contributed by atoms with Crippen LogP contribution in [0.1, 0.15) is 34.1 Å². The van der Waals surface area contributed by atoms with Crippen LogP contribution in [-0.2, 0) is 9.47 Å². The van der Waals surface area contributed by atoms with Crippen LogP contribution in [0.25, 0.3) is 0 Å². The van der Waals surface area contributed by atoms with Gasteiger partial charge in [-0.25, -0.2) is 4.79 Å². The molecule has 0 spiro atoms. The summed E-state index contributed by atoms with van der Waals surface area (Å²) in [7, 11) is 1.65. The molecule has 0 radical (unpaired) electrons. The van der Waals surface area contributed by atoms with Crippen molar-refractivity contribution < 1.29 is 19.4 Å². The maximum atomic E-state index is 12.0. The number of aliphatic hydroxyl groups excluding tert-OH is 1. The standard InChI is InChI=1S/C14H27NO4/c1-10(9-18-5)11-8-15(7-6-12(11)16)13(17)19-14(2,3)4/h10-12,16H,6-9H2,1-5H3. The van der Waals surface area contributed by atoms with Gasteiger partial charge in [-0.2, -0.15) is 0 Å². The first kappa shape index (κ1) is 16.2. The lowest BCUT2D eigenvalue weighted by atomic mass is 9.85. The van der Waals surface area contributed by atoms with E-state index in [1.54, 1.807) is 12.0 Å². The highest BCUT2D eigenvalue weighted by molar-refractivity contribution is 5.68. The maximum absolute atomic E-state index is 12.0. The first-order chi connectivity index (χ1) is 8.74. The number of rotatable bonds is 3. The zero-order valence-corrected chi connectivity index (χ0v) is 12.7. The topological polar surface area (TPSA) is 59.0 Å². The minimum atomic E-state index is -0.485. The van der Waals surface area contributed by atoms with E-state index in [1.165, 1.54) is 0 Å². The molecule has 1 amide bonds. The number of aliphatic hydroxyl groups is 1. The van der Waals surface area contributed by atoms with E-state index in [0.29, 0.717) is 26.1 Å². The Balaban J connectivity index is 2.61. The van der Waals surface area contributed by atoms with E-state index in [1.807, 2.05) is 27.7 Å². The molecule has 112 valence electrons. The van der Waals surface area contributed by atoms with E-state index in [-0.39, 0.29) is 24.0 Å². The summed E-state index contributed by atoms with van der Waals surface area (Å²) in [6, 6.07) is 0. The van der Waals surface area contributed by atoms with Crippen LogP contribution in [0.3, 0.4) is 0 Å². The van der Waals surface area contributed by atoms with Gasteiger partial charge in [-0.1, -0.05) is 6.92 Å². The van der Waals surface area contributed by atoms with Gasteiger partial charge in [0.1, 0.15) is 5.60 Å². The Hall–Kier alpha value is -0.810. The van der Waals surface area contributed by atoms with E-state index >= 15 is 0 Å². The average Bonchev–Trinajstić information content (AvgIpc) is 2.27. The molecule has 1 aliphatic heterocycles. The molecule has 0 bridgehead atoms. The predicted octanol–water partition coefficient (Wildman–Crippen LogP) is 1.89. The van der Waals surface area contributed by atoms with Crippen LogP contribution < -0.4 is 0 Å². The fourth-order valence-electron chi connectivity index (χ4n) is 2.41. The molecule has 0 aromatic heterocycles. The maximum Gasteiger partial charge on any atom is 0.410 e. The Morgan fingerprint density at radius 3 is 2.63 bits per heavy atom. The second-order valence-electron chi connectivity index (χ2n) is 6.38. The van der Waals surface area contributed by atoms with Crippen LogP contribution in [0.4, 0.5) is 4.79 Å². The Morgan fingerprint density at radius 1 is 1.47 bits per heavy atom. The van der Waals surface area contributed by atoms with E-state index in [4.69, 9.17) is 9.47 Å². The molecule has 0 saturated carbocycles. The molecule has 19 heavy (non-hydrogen) atoms. The number of likely N-dealkylation sites (tertiary alicyclic amines) is 1. The molecule has 3 atom stereocenters. The molecule has 1 heterocycles. The number of hydrogen-bond acceptors (Lipinski definition) is 4. The highest BCUT2D eigenvalue weighted by atomic mass is 16.6. The Bertz CT molecular complexity index is 300. The highest BCUT2D eigenvalue weighted by Crippen LogP contribution is 2.26. The second-order valence-corrected chi connectivity index (χ2v) is 6.38. The molecule has 0 aromatic rings. The lowest BCUT2D eigenvalue weighted by molar-refractivity contribution is -0.0298. The minimum absolute atomic E-state index is 0.0428. The van der Waals surface area contributed by atoms with Gasteiger partial charge in [0.15, 0.2) is 0 Å². The van der Waals surface area contributed by atoms with Gasteiger partial charge < -0.3 is 19.5 Å². The molecule has 1 rings (SSSR count). The van der Waals surface area contributed by atoms with Crippen molar-refractivity contribution in [3.63, 3.8) is 0 Å². The van der Waals surface area contributed by atoms with Gasteiger partial charge >= 0.3 is 6.09 Å². The lowest BCUT2D eigenvalue weighted by Crippen LogP contribution is -2.49. The quantitative estimate of drug-likeness (QED) is 0.853. The summed E-state index contributed by atoms with van der Waals surface area (Å²) in [5, 5.41) is 10.1. The zero-order chi connectivity index (χ0) is 14.6. The number of carbonyl (C=O) groups is 1. The van der Waals surface area contributed by atoms with Gasteiger partial charge in [0.05, 0.1) is 6.10 Å². The van der Waals surface area contributed by atoms with Crippen molar-refractivity contribution in [3.05, 3.63) is 0 Å². The zero-order valence-electron chi connectivity index (χ0n) is 12.7. The van der Waals surface area contributed by atoms with E-state index < -0.39 is 5.60 Å². The molecular formula is C14H27NO4. The number of ether oxygens (including phenoxy) is 2. The highest BCUT2D eigenvalue weighted by Gasteiger charge is 2.35. The van der Waals surface area contributed by atoms with Crippen LogP contribution in [0, 0.1) is 11.8 Å². The molecule has 5 nitrogen and oxygen atoms in total. The van der Waals surface area contributed by atoms with Crippen molar-refractivity contribution >= 4 is 6.09 Å².